The highest BCUT2D eigenvalue weighted by molar-refractivity contribution is 4.82. The zero-order valence-corrected chi connectivity index (χ0v) is 11.7. The maximum Gasteiger partial charge on any atom is 0.0119 e. The molecule has 1 aliphatic heterocycles. The van der Waals surface area contributed by atoms with Crippen molar-refractivity contribution in [3.8, 4) is 0 Å². The van der Waals surface area contributed by atoms with Crippen molar-refractivity contribution in [1.29, 1.82) is 0 Å². The van der Waals surface area contributed by atoms with Gasteiger partial charge in [-0.1, -0.05) is 6.92 Å². The molecule has 1 saturated heterocycles. The molecule has 1 N–H and O–H groups in total. The molecule has 1 aliphatic rings. The molecule has 16 heavy (non-hydrogen) atoms. The van der Waals surface area contributed by atoms with Crippen LogP contribution in [0.2, 0.25) is 0 Å². The molecule has 1 rings (SSSR count). The second-order valence-electron chi connectivity index (χ2n) is 5.48. The lowest BCUT2D eigenvalue weighted by Crippen LogP contribution is -2.48. The standard InChI is InChI=1S/C13H29N3/c1-11(10-14-3)12(2)16(5)13-6-8-15(4)9-7-13/h11-14H,6-10H2,1-5H3. The van der Waals surface area contributed by atoms with Gasteiger partial charge in [0.1, 0.15) is 0 Å². The lowest BCUT2D eigenvalue weighted by Gasteiger charge is -2.40. The van der Waals surface area contributed by atoms with Crippen LogP contribution in [0.3, 0.4) is 0 Å². The Morgan fingerprint density at radius 2 is 1.88 bits per heavy atom. The highest BCUT2D eigenvalue weighted by Crippen LogP contribution is 2.19. The third kappa shape index (κ3) is 3.72. The maximum absolute atomic E-state index is 3.28. The zero-order valence-electron chi connectivity index (χ0n) is 11.7. The molecular weight excluding hydrogens is 198 g/mol. The third-order valence-corrected chi connectivity index (χ3v) is 4.26. The first-order valence-electron chi connectivity index (χ1n) is 6.61. The lowest BCUT2D eigenvalue weighted by molar-refractivity contribution is 0.0904. The Kier molecular flexibility index (Phi) is 5.73. The fraction of sp³-hybridized carbons (Fsp3) is 1.00. The quantitative estimate of drug-likeness (QED) is 0.763. The van der Waals surface area contributed by atoms with E-state index in [-0.39, 0.29) is 0 Å². The van der Waals surface area contributed by atoms with Crippen LogP contribution in [0.1, 0.15) is 26.7 Å². The van der Waals surface area contributed by atoms with Gasteiger partial charge in [-0.3, -0.25) is 0 Å². The third-order valence-electron chi connectivity index (χ3n) is 4.26. The van der Waals surface area contributed by atoms with Gasteiger partial charge in [-0.2, -0.15) is 0 Å². The van der Waals surface area contributed by atoms with E-state index in [2.05, 4.69) is 43.1 Å². The summed E-state index contributed by atoms with van der Waals surface area (Å²) in [6.45, 7) is 8.31. The van der Waals surface area contributed by atoms with Crippen molar-refractivity contribution in [2.24, 2.45) is 5.92 Å². The predicted molar refractivity (Wildman–Crippen MR) is 70.8 cm³/mol. The normalized spacial score (nSPS) is 23.6. The van der Waals surface area contributed by atoms with E-state index < -0.39 is 0 Å². The van der Waals surface area contributed by atoms with Crippen molar-refractivity contribution in [2.75, 3.05) is 40.8 Å². The molecular formula is C13H29N3. The van der Waals surface area contributed by atoms with E-state index in [0.29, 0.717) is 6.04 Å². The predicted octanol–water partition coefficient (Wildman–Crippen LogP) is 1.26. The van der Waals surface area contributed by atoms with E-state index in [4.69, 9.17) is 0 Å². The van der Waals surface area contributed by atoms with Crippen molar-refractivity contribution in [2.45, 2.75) is 38.8 Å². The van der Waals surface area contributed by atoms with Gasteiger partial charge in [-0.25, -0.2) is 0 Å². The van der Waals surface area contributed by atoms with E-state index in [9.17, 15) is 0 Å². The summed E-state index contributed by atoms with van der Waals surface area (Å²) in [5, 5.41) is 3.28. The molecule has 1 fully saturated rings. The molecule has 2 atom stereocenters. The molecule has 0 aromatic carbocycles. The van der Waals surface area contributed by atoms with Gasteiger partial charge in [-0.05, 0) is 66.5 Å². The Bertz CT molecular complexity index is 186. The van der Waals surface area contributed by atoms with Crippen LogP contribution in [0, 0.1) is 5.92 Å². The lowest BCUT2D eigenvalue weighted by atomic mass is 9.97. The number of nitrogens with zero attached hydrogens (tertiary/aromatic N) is 2. The van der Waals surface area contributed by atoms with Crippen LogP contribution in [0.25, 0.3) is 0 Å². The summed E-state index contributed by atoms with van der Waals surface area (Å²) in [5.41, 5.74) is 0. The first-order valence-corrected chi connectivity index (χ1v) is 6.61. The van der Waals surface area contributed by atoms with E-state index in [1.54, 1.807) is 0 Å². The zero-order chi connectivity index (χ0) is 12.1. The Balaban J connectivity index is 2.40. The fourth-order valence-electron chi connectivity index (χ4n) is 2.63. The molecule has 3 nitrogen and oxygen atoms in total. The molecule has 0 radical (unpaired) electrons. The molecule has 0 amide bonds. The highest BCUT2D eigenvalue weighted by Gasteiger charge is 2.25. The number of rotatable bonds is 5. The topological polar surface area (TPSA) is 18.5 Å². The van der Waals surface area contributed by atoms with Gasteiger partial charge < -0.3 is 15.1 Å². The Hall–Kier alpha value is -0.120. The van der Waals surface area contributed by atoms with Crippen molar-refractivity contribution in [3.05, 3.63) is 0 Å². The second kappa shape index (κ2) is 6.58. The second-order valence-corrected chi connectivity index (χ2v) is 5.48. The number of nitrogens with one attached hydrogen (secondary N) is 1. The summed E-state index contributed by atoms with van der Waals surface area (Å²) < 4.78 is 0. The minimum absolute atomic E-state index is 0.667. The molecule has 0 spiro atoms. The van der Waals surface area contributed by atoms with Crippen LogP contribution in [-0.2, 0) is 0 Å². The van der Waals surface area contributed by atoms with Gasteiger partial charge in [0.05, 0.1) is 0 Å². The Morgan fingerprint density at radius 1 is 1.31 bits per heavy atom. The maximum atomic E-state index is 3.28. The molecule has 96 valence electrons. The van der Waals surface area contributed by atoms with Crippen LogP contribution < -0.4 is 5.32 Å². The summed E-state index contributed by atoms with van der Waals surface area (Å²) in [5.74, 6) is 0.717. The first kappa shape index (κ1) is 13.9. The minimum Gasteiger partial charge on any atom is -0.319 e. The SMILES string of the molecule is CNCC(C)C(C)N(C)C1CCN(C)CC1. The number of hydrogen-bond acceptors (Lipinski definition) is 3. The average molecular weight is 227 g/mol. The van der Waals surface area contributed by atoms with Crippen molar-refractivity contribution < 1.29 is 0 Å². The fourth-order valence-corrected chi connectivity index (χ4v) is 2.63. The summed E-state index contributed by atoms with van der Waals surface area (Å²) in [4.78, 5) is 5.03. The van der Waals surface area contributed by atoms with E-state index in [1.165, 1.54) is 25.9 Å². The number of piperidine rings is 1. The summed E-state index contributed by atoms with van der Waals surface area (Å²) in [6.07, 6.45) is 2.65. The Labute approximate surface area is 101 Å². The van der Waals surface area contributed by atoms with Crippen LogP contribution in [0.5, 0.6) is 0 Å². The molecule has 0 aromatic heterocycles. The van der Waals surface area contributed by atoms with Crippen LogP contribution in [0.4, 0.5) is 0 Å². The number of likely N-dealkylation sites (tertiary alicyclic amines) is 1. The van der Waals surface area contributed by atoms with E-state index in [1.807, 2.05) is 7.05 Å². The summed E-state index contributed by atoms with van der Waals surface area (Å²) in [6, 6.07) is 1.45. The van der Waals surface area contributed by atoms with Crippen molar-refractivity contribution in [3.63, 3.8) is 0 Å². The van der Waals surface area contributed by atoms with Crippen LogP contribution in [0.15, 0.2) is 0 Å². The van der Waals surface area contributed by atoms with Gasteiger partial charge in [0.15, 0.2) is 0 Å². The molecule has 0 aromatic rings. The van der Waals surface area contributed by atoms with Crippen LogP contribution in [-0.4, -0.2) is 62.7 Å². The molecule has 2 unspecified atom stereocenters. The largest absolute Gasteiger partial charge is 0.319 e. The molecule has 0 bridgehead atoms. The average Bonchev–Trinajstić information content (AvgIpc) is 2.28. The number of hydrogen-bond donors (Lipinski definition) is 1. The Morgan fingerprint density at radius 3 is 2.38 bits per heavy atom. The van der Waals surface area contributed by atoms with E-state index in [0.717, 1.165) is 18.5 Å². The van der Waals surface area contributed by atoms with Crippen molar-refractivity contribution >= 4 is 0 Å². The highest BCUT2D eigenvalue weighted by atomic mass is 15.2. The molecule has 0 aliphatic carbocycles. The molecule has 1 heterocycles. The smallest absolute Gasteiger partial charge is 0.0119 e. The van der Waals surface area contributed by atoms with Gasteiger partial charge in [0.2, 0.25) is 0 Å². The van der Waals surface area contributed by atoms with Gasteiger partial charge in [0.25, 0.3) is 0 Å². The van der Waals surface area contributed by atoms with Crippen LogP contribution >= 0.6 is 0 Å². The van der Waals surface area contributed by atoms with E-state index >= 15 is 0 Å². The van der Waals surface area contributed by atoms with Gasteiger partial charge in [0, 0.05) is 12.1 Å². The molecule has 0 saturated carbocycles. The monoisotopic (exact) mass is 227 g/mol. The first-order chi connectivity index (χ1) is 7.56. The summed E-state index contributed by atoms with van der Waals surface area (Å²) >= 11 is 0. The van der Waals surface area contributed by atoms with Gasteiger partial charge in [-0.15, -0.1) is 0 Å². The summed E-state index contributed by atoms with van der Waals surface area (Å²) in [7, 11) is 6.56. The minimum atomic E-state index is 0.667. The van der Waals surface area contributed by atoms with Gasteiger partial charge >= 0.3 is 0 Å². The molecule has 3 heteroatoms. The van der Waals surface area contributed by atoms with Crippen molar-refractivity contribution in [1.82, 2.24) is 15.1 Å².